The summed E-state index contributed by atoms with van der Waals surface area (Å²) in [5.74, 6) is -0.261. The van der Waals surface area contributed by atoms with Gasteiger partial charge >= 0.3 is 0 Å². The average Bonchev–Trinajstić information content (AvgIpc) is 2.82. The lowest BCUT2D eigenvalue weighted by Gasteiger charge is -2.20. The van der Waals surface area contributed by atoms with Crippen LogP contribution in [-0.4, -0.2) is 25.2 Å². The average molecular weight is 462 g/mol. The summed E-state index contributed by atoms with van der Waals surface area (Å²) in [6.07, 6.45) is 3.25. The van der Waals surface area contributed by atoms with Crippen LogP contribution in [0.3, 0.4) is 0 Å². The van der Waals surface area contributed by atoms with E-state index in [1.807, 2.05) is 72.8 Å². The summed E-state index contributed by atoms with van der Waals surface area (Å²) in [5.41, 5.74) is 4.72. The molecule has 1 N–H and O–H groups in total. The van der Waals surface area contributed by atoms with E-state index >= 15 is 0 Å². The quantitative estimate of drug-likeness (QED) is 0.164. The summed E-state index contributed by atoms with van der Waals surface area (Å²) in [4.78, 5) is 16.9. The molecule has 6 heteroatoms. The Labute approximate surface area is 198 Å². The largest absolute Gasteiger partial charge is 0.372 e. The minimum Gasteiger partial charge on any atom is -0.372 e. The molecule has 0 spiro atoms. The fourth-order valence-corrected chi connectivity index (χ4v) is 5.09. The van der Waals surface area contributed by atoms with Gasteiger partial charge in [-0.05, 0) is 55.8 Å². The Morgan fingerprint density at radius 2 is 1.38 bits per heavy atom. The number of hydrogen-bond acceptors (Lipinski definition) is 5. The molecule has 0 aromatic heterocycles. The van der Waals surface area contributed by atoms with Crippen molar-refractivity contribution in [3.8, 4) is 0 Å². The minimum atomic E-state index is -0.261. The van der Waals surface area contributed by atoms with Crippen molar-refractivity contribution in [2.24, 2.45) is 5.10 Å². The lowest BCUT2D eigenvalue weighted by molar-refractivity contribution is -0.116. The molecule has 32 heavy (non-hydrogen) atoms. The zero-order chi connectivity index (χ0) is 22.6. The van der Waals surface area contributed by atoms with E-state index in [9.17, 15) is 4.79 Å². The van der Waals surface area contributed by atoms with Gasteiger partial charge in [0.1, 0.15) is 0 Å². The Balaban J connectivity index is 1.65. The molecule has 3 aromatic rings. The van der Waals surface area contributed by atoms with E-state index in [1.54, 1.807) is 35.8 Å². The number of hydrogen-bond donors (Lipinski definition) is 1. The molecule has 0 bridgehead atoms. The molecule has 4 nitrogen and oxygen atoms in total. The summed E-state index contributed by atoms with van der Waals surface area (Å²) in [5, 5.41) is 4.12. The summed E-state index contributed by atoms with van der Waals surface area (Å²) >= 11 is 3.11. The number of rotatable bonds is 10. The van der Waals surface area contributed by atoms with Crippen LogP contribution in [0, 0.1) is 0 Å². The van der Waals surface area contributed by atoms with Gasteiger partial charge in [0.05, 0.1) is 10.5 Å². The third-order valence-corrected chi connectivity index (χ3v) is 6.74. The topological polar surface area (TPSA) is 44.7 Å². The van der Waals surface area contributed by atoms with Crippen molar-refractivity contribution in [3.63, 3.8) is 0 Å². The predicted molar refractivity (Wildman–Crippen MR) is 138 cm³/mol. The number of amides is 1. The highest BCUT2D eigenvalue weighted by molar-refractivity contribution is 8.22. The van der Waals surface area contributed by atoms with Gasteiger partial charge in [-0.25, -0.2) is 5.43 Å². The second-order valence-electron chi connectivity index (χ2n) is 6.79. The monoisotopic (exact) mass is 461 g/mol. The van der Waals surface area contributed by atoms with Crippen LogP contribution >= 0.6 is 23.5 Å². The van der Waals surface area contributed by atoms with Crippen LogP contribution in [-0.2, 0) is 4.79 Å². The van der Waals surface area contributed by atoms with Crippen molar-refractivity contribution in [3.05, 3.63) is 101 Å². The molecule has 1 amide bonds. The number of nitrogens with zero attached hydrogens (tertiary/aromatic N) is 2. The molecule has 0 aliphatic heterocycles. The fourth-order valence-electron chi connectivity index (χ4n) is 2.96. The number of carbonyl (C=O) groups is 1. The molecule has 0 aliphatic carbocycles. The van der Waals surface area contributed by atoms with Crippen LogP contribution in [0.4, 0.5) is 5.69 Å². The first kappa shape index (κ1) is 23.7. The van der Waals surface area contributed by atoms with Crippen molar-refractivity contribution < 1.29 is 4.79 Å². The number of carbonyl (C=O) groups excluding carboxylic acids is 1. The summed E-state index contributed by atoms with van der Waals surface area (Å²) in [6.45, 7) is 6.22. The standard InChI is InChI=1S/C26H27N3OS2/c1-3-29(4-2)22-17-15-21(16-18-22)20-27-28-25(30)19-26(31-23-11-7-5-8-12-23)32-24-13-9-6-10-14-24/h5-20H,3-4H2,1-2H3,(H,28,30)/b27-20+. The van der Waals surface area contributed by atoms with Crippen molar-refractivity contribution in [1.82, 2.24) is 5.43 Å². The highest BCUT2D eigenvalue weighted by Gasteiger charge is 2.07. The number of hydrazone groups is 1. The lowest BCUT2D eigenvalue weighted by atomic mass is 10.2. The Morgan fingerprint density at radius 1 is 0.844 bits per heavy atom. The number of benzene rings is 3. The van der Waals surface area contributed by atoms with Crippen LogP contribution in [0.2, 0.25) is 0 Å². The Kier molecular flexibility index (Phi) is 9.47. The molecule has 0 saturated heterocycles. The van der Waals surface area contributed by atoms with E-state index in [1.165, 1.54) is 5.69 Å². The maximum Gasteiger partial charge on any atom is 0.265 e. The summed E-state index contributed by atoms with van der Waals surface area (Å²) in [6, 6.07) is 28.2. The Hall–Kier alpha value is -2.96. The molecule has 164 valence electrons. The molecule has 0 aliphatic rings. The first-order valence-electron chi connectivity index (χ1n) is 10.5. The molecular weight excluding hydrogens is 434 g/mol. The second-order valence-corrected chi connectivity index (χ2v) is 9.28. The van der Waals surface area contributed by atoms with Gasteiger partial charge in [-0.15, -0.1) is 0 Å². The van der Waals surface area contributed by atoms with E-state index in [0.717, 1.165) is 32.7 Å². The smallest absolute Gasteiger partial charge is 0.265 e. The van der Waals surface area contributed by atoms with Gasteiger partial charge in [-0.1, -0.05) is 72.1 Å². The molecule has 3 rings (SSSR count). The van der Waals surface area contributed by atoms with Crippen molar-refractivity contribution in [2.75, 3.05) is 18.0 Å². The van der Waals surface area contributed by atoms with Gasteiger partial charge in [0.15, 0.2) is 0 Å². The van der Waals surface area contributed by atoms with Crippen LogP contribution in [0.1, 0.15) is 19.4 Å². The van der Waals surface area contributed by atoms with Gasteiger partial charge in [0.25, 0.3) is 5.91 Å². The van der Waals surface area contributed by atoms with Crippen molar-refractivity contribution in [1.29, 1.82) is 0 Å². The van der Waals surface area contributed by atoms with Crippen LogP contribution in [0.5, 0.6) is 0 Å². The molecule has 0 fully saturated rings. The van der Waals surface area contributed by atoms with E-state index in [0.29, 0.717) is 0 Å². The molecular formula is C26H27N3OS2. The van der Waals surface area contributed by atoms with Crippen LogP contribution < -0.4 is 10.3 Å². The Bertz CT molecular complexity index is 988. The molecule has 0 atom stereocenters. The van der Waals surface area contributed by atoms with Gasteiger partial charge in [-0.2, -0.15) is 5.10 Å². The molecule has 3 aromatic carbocycles. The fraction of sp³-hybridized carbons (Fsp3) is 0.154. The second kappa shape index (κ2) is 12.8. The number of anilines is 1. The van der Waals surface area contributed by atoms with E-state index in [2.05, 4.69) is 41.4 Å². The highest BCUT2D eigenvalue weighted by Crippen LogP contribution is 2.38. The van der Waals surface area contributed by atoms with Crippen LogP contribution in [0.15, 0.2) is 110 Å². The van der Waals surface area contributed by atoms with Gasteiger partial charge in [0.2, 0.25) is 0 Å². The zero-order valence-corrected chi connectivity index (χ0v) is 19.9. The van der Waals surface area contributed by atoms with Gasteiger partial charge in [-0.3, -0.25) is 4.79 Å². The van der Waals surface area contributed by atoms with E-state index in [-0.39, 0.29) is 5.91 Å². The third kappa shape index (κ3) is 7.62. The summed E-state index contributed by atoms with van der Waals surface area (Å²) in [7, 11) is 0. The first-order chi connectivity index (χ1) is 15.7. The third-order valence-electron chi connectivity index (χ3n) is 4.58. The Morgan fingerprint density at radius 3 is 1.88 bits per heavy atom. The zero-order valence-electron chi connectivity index (χ0n) is 18.3. The normalized spacial score (nSPS) is 10.7. The highest BCUT2D eigenvalue weighted by atomic mass is 32.2. The molecule has 0 heterocycles. The first-order valence-corrected chi connectivity index (χ1v) is 12.2. The maximum atomic E-state index is 12.5. The molecule has 0 radical (unpaired) electrons. The SMILES string of the molecule is CCN(CC)c1ccc(/C=N/NC(=O)C=C(Sc2ccccc2)Sc2ccccc2)cc1. The van der Waals surface area contributed by atoms with E-state index in [4.69, 9.17) is 0 Å². The number of thioether (sulfide) groups is 2. The minimum absolute atomic E-state index is 0.261. The van der Waals surface area contributed by atoms with Gasteiger partial charge in [0, 0.05) is 34.6 Å². The number of nitrogens with one attached hydrogen (secondary N) is 1. The van der Waals surface area contributed by atoms with E-state index < -0.39 is 0 Å². The van der Waals surface area contributed by atoms with Gasteiger partial charge < -0.3 is 4.90 Å². The molecule has 0 unspecified atom stereocenters. The lowest BCUT2D eigenvalue weighted by Crippen LogP contribution is -2.21. The van der Waals surface area contributed by atoms with Crippen LogP contribution in [0.25, 0.3) is 0 Å². The molecule has 0 saturated carbocycles. The predicted octanol–water partition coefficient (Wildman–Crippen LogP) is 6.41. The van der Waals surface area contributed by atoms with Crippen molar-refractivity contribution in [2.45, 2.75) is 23.6 Å². The maximum absolute atomic E-state index is 12.5. The summed E-state index contributed by atoms with van der Waals surface area (Å²) < 4.78 is 0.874. The van der Waals surface area contributed by atoms with Crippen molar-refractivity contribution >= 4 is 41.3 Å².